The lowest BCUT2D eigenvalue weighted by Gasteiger charge is -2.19. The van der Waals surface area contributed by atoms with E-state index in [4.69, 9.17) is 16.7 Å². The normalized spacial score (nSPS) is 13.8. The smallest absolute Gasteiger partial charge is 0.145 e. The van der Waals surface area contributed by atoms with Crippen molar-refractivity contribution in [3.63, 3.8) is 0 Å². The summed E-state index contributed by atoms with van der Waals surface area (Å²) in [5.74, 6) is 0.562. The summed E-state index contributed by atoms with van der Waals surface area (Å²) in [6.45, 7) is 0.516. The number of hydroxylamine groups is 2. The Morgan fingerprint density at radius 2 is 1.66 bits per heavy atom. The van der Waals surface area contributed by atoms with Gasteiger partial charge in [0.1, 0.15) is 12.4 Å². The SMILES string of the molecule is CN=C1CN(O)C(c2ccccc2)=c2cc(Cl)ccc2=N1.Cl.OCCCc1ccccc1. The third-order valence-electron chi connectivity index (χ3n) is 4.78. The van der Waals surface area contributed by atoms with E-state index in [1.54, 1.807) is 13.1 Å². The Morgan fingerprint density at radius 1 is 1.00 bits per heavy atom. The van der Waals surface area contributed by atoms with Gasteiger partial charge in [-0.2, -0.15) is 0 Å². The number of aliphatic imine (C=N–C) groups is 1. The molecule has 0 saturated carbocycles. The maximum absolute atomic E-state index is 10.5. The minimum atomic E-state index is 0. The Kier molecular flexibility index (Phi) is 10.4. The van der Waals surface area contributed by atoms with Crippen LogP contribution in [0.2, 0.25) is 5.02 Å². The second-order valence-electron chi connectivity index (χ2n) is 7.00. The zero-order chi connectivity index (χ0) is 22.1. The molecule has 3 aromatic carbocycles. The minimum absolute atomic E-state index is 0. The van der Waals surface area contributed by atoms with E-state index in [0.29, 0.717) is 16.6 Å². The molecule has 0 atom stereocenters. The molecule has 0 bridgehead atoms. The summed E-state index contributed by atoms with van der Waals surface area (Å²) in [5, 5.41) is 22.3. The van der Waals surface area contributed by atoms with E-state index in [2.05, 4.69) is 22.1 Å². The lowest BCUT2D eigenvalue weighted by Crippen LogP contribution is -2.31. The Balaban J connectivity index is 0.000000280. The first-order valence-corrected chi connectivity index (χ1v) is 10.5. The maximum Gasteiger partial charge on any atom is 0.145 e. The monoisotopic (exact) mass is 471 g/mol. The first-order chi connectivity index (χ1) is 15.1. The van der Waals surface area contributed by atoms with Gasteiger partial charge in [-0.15, -0.1) is 12.4 Å². The molecule has 2 N–H and O–H groups in total. The number of hydrogen-bond donors (Lipinski definition) is 2. The number of aryl methyl sites for hydroxylation is 1. The van der Waals surface area contributed by atoms with Gasteiger partial charge in [-0.05, 0) is 36.6 Å². The molecule has 0 unspecified atom stereocenters. The number of fused-ring (bicyclic) bond motifs is 1. The quantitative estimate of drug-likeness (QED) is 0.606. The van der Waals surface area contributed by atoms with Crippen molar-refractivity contribution in [1.29, 1.82) is 0 Å². The van der Waals surface area contributed by atoms with E-state index in [-0.39, 0.29) is 25.6 Å². The van der Waals surface area contributed by atoms with E-state index in [0.717, 1.165) is 29.0 Å². The van der Waals surface area contributed by atoms with Gasteiger partial charge in [0, 0.05) is 29.5 Å². The first kappa shape index (κ1) is 25.6. The van der Waals surface area contributed by atoms with Gasteiger partial charge in [0.2, 0.25) is 0 Å². The second-order valence-corrected chi connectivity index (χ2v) is 7.43. The molecule has 1 aliphatic heterocycles. The largest absolute Gasteiger partial charge is 0.396 e. The molecule has 5 nitrogen and oxygen atoms in total. The molecule has 0 aromatic heterocycles. The third-order valence-corrected chi connectivity index (χ3v) is 5.02. The minimum Gasteiger partial charge on any atom is -0.396 e. The van der Waals surface area contributed by atoms with Crippen molar-refractivity contribution in [2.75, 3.05) is 20.2 Å². The molecule has 3 aromatic rings. The molecule has 7 heteroatoms. The van der Waals surface area contributed by atoms with Crippen LogP contribution in [0.3, 0.4) is 0 Å². The number of rotatable bonds is 4. The van der Waals surface area contributed by atoms with Crippen LogP contribution in [0.5, 0.6) is 0 Å². The van der Waals surface area contributed by atoms with Crippen LogP contribution in [0.1, 0.15) is 17.5 Å². The van der Waals surface area contributed by atoms with Crippen molar-refractivity contribution in [3.05, 3.63) is 106 Å². The highest BCUT2D eigenvalue weighted by atomic mass is 35.5. The summed E-state index contributed by atoms with van der Waals surface area (Å²) in [6.07, 6.45) is 1.85. The fraction of sp³-hybridized carbons (Fsp3) is 0.200. The number of nitrogens with zero attached hydrogens (tertiary/aromatic N) is 3. The number of aliphatic hydroxyl groups excluding tert-OH is 1. The van der Waals surface area contributed by atoms with Crippen molar-refractivity contribution in [3.8, 4) is 0 Å². The van der Waals surface area contributed by atoms with Crippen molar-refractivity contribution in [2.45, 2.75) is 12.8 Å². The Morgan fingerprint density at radius 3 is 2.28 bits per heavy atom. The average Bonchev–Trinajstić information content (AvgIpc) is 2.94. The molecule has 0 saturated heterocycles. The lowest BCUT2D eigenvalue weighted by atomic mass is 10.1. The topological polar surface area (TPSA) is 68.4 Å². The van der Waals surface area contributed by atoms with Crippen molar-refractivity contribution in [1.82, 2.24) is 5.06 Å². The number of hydrogen-bond acceptors (Lipinski definition) is 4. The highest BCUT2D eigenvalue weighted by Crippen LogP contribution is 2.15. The molecule has 0 fully saturated rings. The van der Waals surface area contributed by atoms with E-state index in [1.165, 1.54) is 10.6 Å². The van der Waals surface area contributed by atoms with Crippen LogP contribution in [0.15, 0.2) is 88.8 Å². The van der Waals surface area contributed by atoms with Crippen molar-refractivity contribution >= 4 is 35.5 Å². The average molecular weight is 472 g/mol. The fourth-order valence-corrected chi connectivity index (χ4v) is 3.44. The van der Waals surface area contributed by atoms with Crippen molar-refractivity contribution < 1.29 is 10.3 Å². The summed E-state index contributed by atoms with van der Waals surface area (Å²) in [7, 11) is 1.66. The molecule has 0 radical (unpaired) electrons. The highest BCUT2D eigenvalue weighted by Gasteiger charge is 2.17. The van der Waals surface area contributed by atoms with Gasteiger partial charge < -0.3 is 5.11 Å². The zero-order valence-electron chi connectivity index (χ0n) is 17.9. The van der Waals surface area contributed by atoms with Crippen LogP contribution in [0.4, 0.5) is 0 Å². The number of halogens is 2. The van der Waals surface area contributed by atoms with Gasteiger partial charge in [-0.3, -0.25) is 10.2 Å². The number of aliphatic hydroxyl groups is 1. The predicted octanol–water partition coefficient (Wildman–Crippen LogP) is 3.88. The Bertz CT molecular complexity index is 1140. The molecule has 1 aliphatic rings. The molecule has 168 valence electrons. The summed E-state index contributed by atoms with van der Waals surface area (Å²) in [4.78, 5) is 8.60. The summed E-state index contributed by atoms with van der Waals surface area (Å²) in [6, 6.07) is 25.3. The maximum atomic E-state index is 10.5. The zero-order valence-corrected chi connectivity index (χ0v) is 19.4. The van der Waals surface area contributed by atoms with Crippen molar-refractivity contribution in [2.24, 2.45) is 9.98 Å². The number of amidine groups is 1. The second kappa shape index (κ2) is 13.0. The van der Waals surface area contributed by atoms with Gasteiger partial charge in [-0.1, -0.05) is 72.3 Å². The van der Waals surface area contributed by atoms with Crippen LogP contribution in [0.25, 0.3) is 5.70 Å². The Hall–Kier alpha value is -2.70. The summed E-state index contributed by atoms with van der Waals surface area (Å²) in [5.41, 5.74) is 2.88. The van der Waals surface area contributed by atoms with Crippen LogP contribution in [0, 0.1) is 0 Å². The van der Waals surface area contributed by atoms with Crippen LogP contribution < -0.4 is 10.6 Å². The van der Waals surface area contributed by atoms with Gasteiger partial charge in [-0.25, -0.2) is 10.1 Å². The van der Waals surface area contributed by atoms with E-state index in [9.17, 15) is 5.21 Å². The van der Waals surface area contributed by atoms with Crippen LogP contribution in [-0.4, -0.2) is 41.4 Å². The molecule has 0 spiro atoms. The molecular weight excluding hydrogens is 445 g/mol. The van der Waals surface area contributed by atoms with Crippen LogP contribution >= 0.6 is 24.0 Å². The highest BCUT2D eigenvalue weighted by molar-refractivity contribution is 6.30. The van der Waals surface area contributed by atoms with Gasteiger partial charge in [0.25, 0.3) is 0 Å². The lowest BCUT2D eigenvalue weighted by molar-refractivity contribution is -0.0119. The number of benzene rings is 3. The van der Waals surface area contributed by atoms with E-state index >= 15 is 0 Å². The standard InChI is InChI=1S/C16H14ClN3O.C9H12O.ClH/c1-18-15-10-20(21)16(11-5-3-2-4-6-11)13-9-12(17)7-8-14(13)19-15;10-8-4-7-9-5-2-1-3-6-9;/h2-9,21H,10H2,1H3;1-3,5-6,10H,4,7-8H2;1H. The summed E-state index contributed by atoms with van der Waals surface area (Å²) >= 11 is 6.12. The molecule has 4 rings (SSSR count). The van der Waals surface area contributed by atoms with Crippen LogP contribution in [-0.2, 0) is 6.42 Å². The van der Waals surface area contributed by atoms with Gasteiger partial charge in [0.05, 0.1) is 11.1 Å². The predicted molar refractivity (Wildman–Crippen MR) is 132 cm³/mol. The first-order valence-electron chi connectivity index (χ1n) is 10.1. The molecular formula is C25H27Cl2N3O2. The molecule has 0 amide bonds. The van der Waals surface area contributed by atoms with Gasteiger partial charge >= 0.3 is 0 Å². The fourth-order valence-electron chi connectivity index (χ4n) is 3.27. The van der Waals surface area contributed by atoms with Gasteiger partial charge in [0.15, 0.2) is 0 Å². The Labute approximate surface area is 199 Å². The summed E-state index contributed by atoms with van der Waals surface area (Å²) < 4.78 is 0. The molecule has 1 heterocycles. The van der Waals surface area contributed by atoms with E-state index in [1.807, 2.05) is 60.7 Å². The molecule has 32 heavy (non-hydrogen) atoms. The van der Waals surface area contributed by atoms with E-state index < -0.39 is 0 Å². The molecule has 0 aliphatic carbocycles. The third kappa shape index (κ3) is 6.90.